The van der Waals surface area contributed by atoms with E-state index < -0.39 is 23.4 Å². The van der Waals surface area contributed by atoms with Crippen molar-refractivity contribution in [2.75, 3.05) is 13.2 Å². The fraction of sp³-hybridized carbons (Fsp3) is 0.400. The predicted molar refractivity (Wildman–Crippen MR) is 102 cm³/mol. The first-order valence-corrected chi connectivity index (χ1v) is 9.05. The van der Waals surface area contributed by atoms with Crippen LogP contribution in [0.15, 0.2) is 35.6 Å². The molecule has 28 heavy (non-hydrogen) atoms. The first kappa shape index (κ1) is 19.8. The second-order valence-corrected chi connectivity index (χ2v) is 7.04. The summed E-state index contributed by atoms with van der Waals surface area (Å²) < 4.78 is 10.7. The number of carbonyl (C=O) groups excluding carboxylic acids is 1. The highest BCUT2D eigenvalue weighted by Crippen LogP contribution is 2.45. The molecule has 8 nitrogen and oxygen atoms in total. The van der Waals surface area contributed by atoms with Gasteiger partial charge in [0.2, 0.25) is 0 Å². The Morgan fingerprint density at radius 2 is 2.18 bits per heavy atom. The lowest BCUT2D eigenvalue weighted by Crippen LogP contribution is -2.50. The van der Waals surface area contributed by atoms with E-state index in [4.69, 9.17) is 9.47 Å². The number of carbonyl (C=O) groups is 1. The summed E-state index contributed by atoms with van der Waals surface area (Å²) in [6.45, 7) is 7.18. The molecule has 150 valence electrons. The van der Waals surface area contributed by atoms with Gasteiger partial charge in [0.1, 0.15) is 6.61 Å². The van der Waals surface area contributed by atoms with E-state index >= 15 is 0 Å². The molecular weight excluding hydrogens is 364 g/mol. The summed E-state index contributed by atoms with van der Waals surface area (Å²) in [5.74, 6) is -2.27. The van der Waals surface area contributed by atoms with Crippen molar-refractivity contribution < 1.29 is 24.5 Å². The molecule has 0 fully saturated rings. The molecule has 0 unspecified atom stereocenters. The zero-order chi connectivity index (χ0) is 20.5. The fourth-order valence-corrected chi connectivity index (χ4v) is 3.84. The molecule has 1 aromatic heterocycles. The summed E-state index contributed by atoms with van der Waals surface area (Å²) in [5.41, 5.74) is -0.403. The third kappa shape index (κ3) is 3.43. The van der Waals surface area contributed by atoms with E-state index in [2.05, 4.69) is 16.8 Å². The molecule has 1 aliphatic rings. The second-order valence-electron chi connectivity index (χ2n) is 7.04. The van der Waals surface area contributed by atoms with E-state index in [-0.39, 0.29) is 30.1 Å². The maximum absolute atomic E-state index is 12.8. The highest BCUT2D eigenvalue weighted by molar-refractivity contribution is 5.77. The van der Waals surface area contributed by atoms with Crippen molar-refractivity contribution in [3.8, 4) is 11.5 Å². The number of phenolic OH excluding ortho intramolecular Hbond substituents is 1. The van der Waals surface area contributed by atoms with Crippen LogP contribution in [0.5, 0.6) is 11.5 Å². The Kier molecular flexibility index (Phi) is 5.33. The average Bonchev–Trinajstić information content (AvgIpc) is 2.99. The molecule has 4 N–H and O–H groups in total. The minimum atomic E-state index is -1.47. The highest BCUT2D eigenvalue weighted by atomic mass is 16.5. The normalized spacial score (nSPS) is 23.7. The van der Waals surface area contributed by atoms with E-state index in [0.29, 0.717) is 23.4 Å². The van der Waals surface area contributed by atoms with Gasteiger partial charge >= 0.3 is 5.97 Å². The van der Waals surface area contributed by atoms with E-state index in [0.717, 1.165) is 0 Å². The van der Waals surface area contributed by atoms with Gasteiger partial charge in [-0.05, 0) is 31.5 Å². The van der Waals surface area contributed by atoms with Crippen molar-refractivity contribution >= 4 is 5.97 Å². The third-order valence-electron chi connectivity index (χ3n) is 4.99. The van der Waals surface area contributed by atoms with Crippen LogP contribution in [0.4, 0.5) is 0 Å². The second kappa shape index (κ2) is 7.55. The molecule has 0 saturated carbocycles. The predicted octanol–water partition coefficient (Wildman–Crippen LogP) is 1.59. The topological polar surface area (TPSA) is 125 Å². The number of aliphatic hydroxyl groups is 1. The molecule has 3 atom stereocenters. The summed E-state index contributed by atoms with van der Waals surface area (Å²) in [4.78, 5) is 25.3. The number of phenols is 1. The van der Waals surface area contributed by atoms with Gasteiger partial charge in [-0.25, -0.2) is 0 Å². The smallest absolute Gasteiger partial charge is 0.313 e. The lowest BCUT2D eigenvalue weighted by atomic mass is 9.66. The highest BCUT2D eigenvalue weighted by Gasteiger charge is 2.51. The minimum Gasteiger partial charge on any atom is -0.504 e. The van der Waals surface area contributed by atoms with E-state index in [9.17, 15) is 19.8 Å². The zero-order valence-electron chi connectivity index (χ0n) is 15.8. The number of H-pyrrole nitrogens is 2. The van der Waals surface area contributed by atoms with Crippen molar-refractivity contribution in [1.82, 2.24) is 10.2 Å². The molecule has 0 spiro atoms. The third-order valence-corrected chi connectivity index (χ3v) is 4.99. The summed E-state index contributed by atoms with van der Waals surface area (Å²) >= 11 is 0. The maximum Gasteiger partial charge on any atom is 0.313 e. The number of aromatic hydroxyl groups is 1. The summed E-state index contributed by atoms with van der Waals surface area (Å²) in [5, 5.41) is 26.4. The number of rotatable bonds is 6. The van der Waals surface area contributed by atoms with E-state index in [1.807, 2.05) is 0 Å². The Labute approximate surface area is 161 Å². The summed E-state index contributed by atoms with van der Waals surface area (Å²) in [6.07, 6.45) is 1.52. The molecule has 0 radical (unpaired) electrons. The van der Waals surface area contributed by atoms with Gasteiger partial charge in [-0.1, -0.05) is 18.7 Å². The number of nitrogens with one attached hydrogen (secondary N) is 2. The van der Waals surface area contributed by atoms with Gasteiger partial charge in [0.25, 0.3) is 5.56 Å². The lowest BCUT2D eigenvalue weighted by Gasteiger charge is -2.40. The van der Waals surface area contributed by atoms with Gasteiger partial charge in [0.15, 0.2) is 11.5 Å². The number of aromatic nitrogens is 2. The monoisotopic (exact) mass is 388 g/mol. The zero-order valence-corrected chi connectivity index (χ0v) is 15.8. The van der Waals surface area contributed by atoms with Gasteiger partial charge < -0.3 is 24.8 Å². The molecule has 0 saturated heterocycles. The van der Waals surface area contributed by atoms with E-state index in [1.165, 1.54) is 19.1 Å². The van der Waals surface area contributed by atoms with Crippen molar-refractivity contribution in [2.24, 2.45) is 5.92 Å². The number of aromatic amines is 2. The quantitative estimate of drug-likeness (QED) is 0.440. The fourth-order valence-electron chi connectivity index (χ4n) is 3.84. The van der Waals surface area contributed by atoms with Crippen LogP contribution >= 0.6 is 0 Å². The molecule has 0 amide bonds. The largest absolute Gasteiger partial charge is 0.504 e. The SMILES string of the molecule is C=CCOC(=O)[C@@H]1[C@H](c2ccc(O)c(OCC)c2)c2c([nH][nH]c2=O)C[C@@]1(C)O. The molecule has 1 aliphatic carbocycles. The molecule has 1 aromatic carbocycles. The molecule has 3 rings (SSSR count). The van der Waals surface area contributed by atoms with Crippen LogP contribution in [-0.4, -0.2) is 45.2 Å². The van der Waals surface area contributed by atoms with Crippen molar-refractivity contribution in [3.05, 3.63) is 58.0 Å². The molecule has 0 bridgehead atoms. The van der Waals surface area contributed by atoms with Gasteiger partial charge in [0, 0.05) is 23.6 Å². The van der Waals surface area contributed by atoms with E-state index in [1.54, 1.807) is 19.1 Å². The van der Waals surface area contributed by atoms with Crippen LogP contribution in [0.2, 0.25) is 0 Å². The van der Waals surface area contributed by atoms with Crippen LogP contribution in [0.1, 0.15) is 36.6 Å². The van der Waals surface area contributed by atoms with Crippen molar-refractivity contribution in [1.29, 1.82) is 0 Å². The first-order valence-electron chi connectivity index (χ1n) is 9.05. The van der Waals surface area contributed by atoms with Crippen molar-refractivity contribution in [3.63, 3.8) is 0 Å². The van der Waals surface area contributed by atoms with Gasteiger partial charge in [-0.3, -0.25) is 14.7 Å². The maximum atomic E-state index is 12.8. The number of hydrogen-bond donors (Lipinski definition) is 4. The van der Waals surface area contributed by atoms with Crippen LogP contribution in [-0.2, 0) is 16.0 Å². The first-order chi connectivity index (χ1) is 13.3. The van der Waals surface area contributed by atoms with Crippen LogP contribution < -0.4 is 10.3 Å². The summed E-state index contributed by atoms with van der Waals surface area (Å²) in [6, 6.07) is 4.62. The Hall–Kier alpha value is -3.00. The Bertz CT molecular complexity index is 942. The molecule has 2 aromatic rings. The number of benzene rings is 1. The van der Waals surface area contributed by atoms with Crippen LogP contribution in [0.3, 0.4) is 0 Å². The molecule has 1 heterocycles. The average molecular weight is 388 g/mol. The van der Waals surface area contributed by atoms with Crippen molar-refractivity contribution in [2.45, 2.75) is 31.8 Å². The lowest BCUT2D eigenvalue weighted by molar-refractivity contribution is -0.158. The number of esters is 1. The minimum absolute atomic E-state index is 0.00570. The van der Waals surface area contributed by atoms with Crippen LogP contribution in [0.25, 0.3) is 0 Å². The number of fused-ring (bicyclic) bond motifs is 1. The Morgan fingerprint density at radius 3 is 2.86 bits per heavy atom. The molecular formula is C20H24N2O6. The Morgan fingerprint density at radius 1 is 1.43 bits per heavy atom. The van der Waals surface area contributed by atoms with Crippen LogP contribution in [0, 0.1) is 5.92 Å². The summed E-state index contributed by atoms with van der Waals surface area (Å²) in [7, 11) is 0. The number of hydrogen-bond acceptors (Lipinski definition) is 6. The van der Waals surface area contributed by atoms with Gasteiger partial charge in [-0.15, -0.1) is 0 Å². The molecule has 8 heteroatoms. The van der Waals surface area contributed by atoms with Gasteiger partial charge in [-0.2, -0.15) is 0 Å². The standard InChI is InChI=1S/C20H24N2O6/c1-4-8-28-19(25)17-15(11-6-7-13(23)14(9-11)27-5-2)16-12(10-20(17,3)26)21-22-18(16)24/h4,6-7,9,15,17,23,26H,1,5,8,10H2,2-3H3,(H2,21,22,24)/t15-,17+,20-/m1/s1. The molecule has 0 aliphatic heterocycles. The number of ether oxygens (including phenoxy) is 2. The Balaban J connectivity index is 2.18. The van der Waals surface area contributed by atoms with Gasteiger partial charge in [0.05, 0.1) is 18.1 Å².